The number of anilines is 1. The van der Waals surface area contributed by atoms with E-state index in [0.29, 0.717) is 0 Å². The van der Waals surface area contributed by atoms with E-state index in [2.05, 4.69) is 38.4 Å². The lowest BCUT2D eigenvalue weighted by Gasteiger charge is -2.02. The first-order valence-corrected chi connectivity index (χ1v) is 6.79. The van der Waals surface area contributed by atoms with Gasteiger partial charge in [-0.2, -0.15) is 0 Å². The summed E-state index contributed by atoms with van der Waals surface area (Å²) in [5, 5.41) is 3.98. The summed E-state index contributed by atoms with van der Waals surface area (Å²) in [7, 11) is 3.55. The van der Waals surface area contributed by atoms with Crippen molar-refractivity contribution in [2.24, 2.45) is 0 Å². The first-order valence-electron chi connectivity index (χ1n) is 5.19. The molecular weight excluding hydrogens is 300 g/mol. The predicted molar refractivity (Wildman–Crippen MR) is 75.2 cm³/mol. The minimum Gasteiger partial charge on any atom is -0.497 e. The number of aromatic nitrogens is 1. The van der Waals surface area contributed by atoms with Crippen LogP contribution < -0.4 is 10.1 Å². The topological polar surface area (TPSA) is 34.2 Å². The molecule has 0 atom stereocenters. The minimum absolute atomic E-state index is 0.879. The Morgan fingerprint density at radius 3 is 2.59 bits per heavy atom. The maximum atomic E-state index is 5.14. The molecule has 0 saturated heterocycles. The van der Waals surface area contributed by atoms with Crippen LogP contribution in [0.15, 0.2) is 28.9 Å². The predicted octanol–water partition coefficient (Wildman–Crippen LogP) is 3.55. The van der Waals surface area contributed by atoms with E-state index in [0.717, 1.165) is 21.9 Å². The van der Waals surface area contributed by atoms with Crippen LogP contribution >= 0.6 is 27.3 Å². The van der Waals surface area contributed by atoms with E-state index in [1.165, 1.54) is 10.4 Å². The van der Waals surface area contributed by atoms with Gasteiger partial charge in [-0.25, -0.2) is 4.98 Å². The van der Waals surface area contributed by atoms with Gasteiger partial charge in [-0.05, 0) is 33.6 Å². The van der Waals surface area contributed by atoms with Crippen LogP contribution in [0.5, 0.6) is 5.75 Å². The molecule has 2 aromatic rings. The number of rotatable bonds is 4. The molecule has 1 aromatic carbocycles. The van der Waals surface area contributed by atoms with Gasteiger partial charge in [0.05, 0.1) is 7.11 Å². The Bertz CT molecular complexity index is 496. The van der Waals surface area contributed by atoms with Crippen molar-refractivity contribution in [1.29, 1.82) is 0 Å². The van der Waals surface area contributed by atoms with Gasteiger partial charge in [-0.15, -0.1) is 11.3 Å². The number of nitrogens with zero attached hydrogens (tertiary/aromatic N) is 1. The summed E-state index contributed by atoms with van der Waals surface area (Å²) < 4.78 is 6.05. The lowest BCUT2D eigenvalue weighted by atomic mass is 10.1. The molecule has 1 aromatic heterocycles. The molecule has 90 valence electrons. The van der Waals surface area contributed by atoms with Crippen LogP contribution in [0, 0.1) is 0 Å². The maximum Gasteiger partial charge on any atom is 0.183 e. The molecule has 0 bridgehead atoms. The second-order valence-electron chi connectivity index (χ2n) is 3.51. The van der Waals surface area contributed by atoms with E-state index in [9.17, 15) is 0 Å². The monoisotopic (exact) mass is 312 g/mol. The van der Waals surface area contributed by atoms with Crippen LogP contribution in [0.1, 0.15) is 10.4 Å². The largest absolute Gasteiger partial charge is 0.497 e. The second kappa shape index (κ2) is 5.51. The lowest BCUT2D eigenvalue weighted by Crippen LogP contribution is -1.87. The molecule has 2 rings (SSSR count). The number of thiazole rings is 1. The molecule has 0 amide bonds. The Kier molecular flexibility index (Phi) is 4.02. The molecule has 0 fully saturated rings. The van der Waals surface area contributed by atoms with Crippen LogP contribution in [0.25, 0.3) is 0 Å². The summed E-state index contributed by atoms with van der Waals surface area (Å²) in [4.78, 5) is 5.58. The number of hydrogen-bond acceptors (Lipinski definition) is 4. The molecule has 5 heteroatoms. The van der Waals surface area contributed by atoms with Crippen LogP contribution in [-0.2, 0) is 6.42 Å². The summed E-state index contributed by atoms with van der Waals surface area (Å²) in [6.45, 7) is 0. The van der Waals surface area contributed by atoms with Gasteiger partial charge in [0.2, 0.25) is 0 Å². The van der Waals surface area contributed by atoms with Gasteiger partial charge in [0.25, 0.3) is 0 Å². The molecule has 1 heterocycles. The molecule has 0 spiro atoms. The average Bonchev–Trinajstić information content (AvgIpc) is 2.71. The number of nitrogens with one attached hydrogen (secondary N) is 1. The third-order valence-electron chi connectivity index (χ3n) is 2.39. The zero-order chi connectivity index (χ0) is 12.3. The first-order chi connectivity index (χ1) is 8.22. The Morgan fingerprint density at radius 2 is 2.06 bits per heavy atom. The summed E-state index contributed by atoms with van der Waals surface area (Å²) in [6.07, 6.45) is 0.879. The quantitative estimate of drug-likeness (QED) is 0.937. The number of ether oxygens (including phenoxy) is 1. The SMILES string of the molecule is CNc1nc(Br)c(Cc2ccc(OC)cc2)s1. The summed E-state index contributed by atoms with van der Waals surface area (Å²) in [5.74, 6) is 0.882. The molecule has 0 aliphatic heterocycles. The molecule has 0 unspecified atom stereocenters. The van der Waals surface area contributed by atoms with Gasteiger partial charge in [0.1, 0.15) is 10.4 Å². The number of benzene rings is 1. The van der Waals surface area contributed by atoms with Gasteiger partial charge in [-0.3, -0.25) is 0 Å². The van der Waals surface area contributed by atoms with Crippen molar-refractivity contribution < 1.29 is 4.74 Å². The Labute approximate surface area is 113 Å². The van der Waals surface area contributed by atoms with E-state index in [1.54, 1.807) is 18.4 Å². The van der Waals surface area contributed by atoms with E-state index in [4.69, 9.17) is 4.74 Å². The zero-order valence-corrected chi connectivity index (χ0v) is 12.1. The standard InChI is InChI=1S/C12H13BrN2OS/c1-14-12-15-11(13)10(17-12)7-8-3-5-9(16-2)6-4-8/h3-6H,7H2,1-2H3,(H,14,15). The van der Waals surface area contributed by atoms with Crippen molar-refractivity contribution in [3.8, 4) is 5.75 Å². The second-order valence-corrected chi connectivity index (χ2v) is 5.34. The van der Waals surface area contributed by atoms with E-state index in [1.807, 2.05) is 19.2 Å². The molecule has 0 aliphatic carbocycles. The fourth-order valence-electron chi connectivity index (χ4n) is 1.48. The molecule has 3 nitrogen and oxygen atoms in total. The van der Waals surface area contributed by atoms with Crippen molar-refractivity contribution in [1.82, 2.24) is 4.98 Å². The zero-order valence-electron chi connectivity index (χ0n) is 9.66. The van der Waals surface area contributed by atoms with Gasteiger partial charge < -0.3 is 10.1 Å². The fourth-order valence-corrected chi connectivity index (χ4v) is 3.00. The number of halogens is 1. The van der Waals surface area contributed by atoms with Crippen LogP contribution in [0.3, 0.4) is 0 Å². The molecule has 0 radical (unpaired) electrons. The fraction of sp³-hybridized carbons (Fsp3) is 0.250. The van der Waals surface area contributed by atoms with Gasteiger partial charge in [0.15, 0.2) is 5.13 Å². The summed E-state index contributed by atoms with van der Waals surface area (Å²) >= 11 is 5.14. The molecule has 0 saturated carbocycles. The van der Waals surface area contributed by atoms with Crippen LogP contribution in [-0.4, -0.2) is 19.1 Å². The van der Waals surface area contributed by atoms with Gasteiger partial charge >= 0.3 is 0 Å². The Balaban J connectivity index is 2.16. The molecule has 17 heavy (non-hydrogen) atoms. The maximum absolute atomic E-state index is 5.14. The third-order valence-corrected chi connectivity index (χ3v) is 4.38. The average molecular weight is 313 g/mol. The highest BCUT2D eigenvalue weighted by Gasteiger charge is 2.08. The highest BCUT2D eigenvalue weighted by Crippen LogP contribution is 2.29. The van der Waals surface area contributed by atoms with Crippen molar-refractivity contribution >= 4 is 32.4 Å². The molecule has 1 N–H and O–H groups in total. The van der Waals surface area contributed by atoms with Crippen LogP contribution in [0.2, 0.25) is 0 Å². The first kappa shape index (κ1) is 12.4. The summed E-state index contributed by atoms with van der Waals surface area (Å²) in [5.41, 5.74) is 1.25. The van der Waals surface area contributed by atoms with E-state index in [-0.39, 0.29) is 0 Å². The lowest BCUT2D eigenvalue weighted by molar-refractivity contribution is 0.414. The third kappa shape index (κ3) is 2.98. The minimum atomic E-state index is 0.879. The smallest absolute Gasteiger partial charge is 0.183 e. The number of hydrogen-bond donors (Lipinski definition) is 1. The van der Waals surface area contributed by atoms with E-state index < -0.39 is 0 Å². The molecule has 0 aliphatic rings. The molecular formula is C12H13BrN2OS. The highest BCUT2D eigenvalue weighted by molar-refractivity contribution is 9.10. The summed E-state index contributed by atoms with van der Waals surface area (Å²) in [6, 6.07) is 8.10. The van der Waals surface area contributed by atoms with Crippen LogP contribution in [0.4, 0.5) is 5.13 Å². The Morgan fingerprint density at radius 1 is 1.35 bits per heavy atom. The number of methoxy groups -OCH3 is 1. The normalized spacial score (nSPS) is 10.3. The van der Waals surface area contributed by atoms with Crippen molar-refractivity contribution in [2.45, 2.75) is 6.42 Å². The van der Waals surface area contributed by atoms with Crippen molar-refractivity contribution in [3.05, 3.63) is 39.3 Å². The van der Waals surface area contributed by atoms with E-state index >= 15 is 0 Å². The van der Waals surface area contributed by atoms with Crippen molar-refractivity contribution in [3.63, 3.8) is 0 Å². The Hall–Kier alpha value is -1.07. The van der Waals surface area contributed by atoms with Gasteiger partial charge in [-0.1, -0.05) is 12.1 Å². The van der Waals surface area contributed by atoms with Gasteiger partial charge in [0, 0.05) is 18.3 Å². The highest BCUT2D eigenvalue weighted by atomic mass is 79.9. The van der Waals surface area contributed by atoms with Crippen molar-refractivity contribution in [2.75, 3.05) is 19.5 Å².